The molecule has 1 aromatic carbocycles. The van der Waals surface area contributed by atoms with Crippen molar-refractivity contribution >= 4 is 20.7 Å². The summed E-state index contributed by atoms with van der Waals surface area (Å²) >= 11 is 0. The Bertz CT molecular complexity index is 259. The van der Waals surface area contributed by atoms with E-state index in [0.717, 1.165) is 0 Å². The van der Waals surface area contributed by atoms with Gasteiger partial charge in [0.1, 0.15) is 0 Å². The second-order valence-electron chi connectivity index (χ2n) is 2.79. The molecule has 0 spiro atoms. The fourth-order valence-corrected chi connectivity index (χ4v) is 2.37. The zero-order chi connectivity index (χ0) is 9.52. The summed E-state index contributed by atoms with van der Waals surface area (Å²) in [5, 5.41) is 1.32. The van der Waals surface area contributed by atoms with Gasteiger partial charge < -0.3 is 4.74 Å². The number of carbonyl (C=O) groups is 1. The van der Waals surface area contributed by atoms with Gasteiger partial charge in [-0.05, 0) is 6.92 Å². The molecule has 3 heteroatoms. The van der Waals surface area contributed by atoms with Crippen molar-refractivity contribution in [2.24, 2.45) is 0 Å². The van der Waals surface area contributed by atoms with Crippen LogP contribution in [-0.4, -0.2) is 22.1 Å². The molecule has 1 aromatic rings. The van der Waals surface area contributed by atoms with E-state index < -0.39 is 9.52 Å². The fraction of sp³-hybridized carbons (Fsp3) is 0.300. The second kappa shape index (κ2) is 5.53. The van der Waals surface area contributed by atoms with Crippen molar-refractivity contribution in [3.05, 3.63) is 30.3 Å². The van der Waals surface area contributed by atoms with Crippen molar-refractivity contribution in [3.63, 3.8) is 0 Å². The summed E-state index contributed by atoms with van der Waals surface area (Å²) in [6.07, 6.45) is 0. The molecular weight excluding hydrogens is 180 g/mol. The van der Waals surface area contributed by atoms with E-state index in [1.54, 1.807) is 0 Å². The van der Waals surface area contributed by atoms with E-state index in [-0.39, 0.29) is 5.97 Å². The van der Waals surface area contributed by atoms with Crippen molar-refractivity contribution in [1.29, 1.82) is 0 Å². The van der Waals surface area contributed by atoms with Gasteiger partial charge in [-0.3, -0.25) is 4.79 Å². The molecule has 0 saturated heterocycles. The molecule has 0 aliphatic heterocycles. The van der Waals surface area contributed by atoms with Gasteiger partial charge in [0.05, 0.1) is 16.1 Å². The van der Waals surface area contributed by atoms with Gasteiger partial charge in [-0.15, -0.1) is 0 Å². The van der Waals surface area contributed by atoms with E-state index in [2.05, 4.69) is 12.1 Å². The molecule has 0 N–H and O–H groups in total. The van der Waals surface area contributed by atoms with Crippen LogP contribution in [-0.2, 0) is 9.53 Å². The lowest BCUT2D eigenvalue weighted by Gasteiger charge is -2.00. The first-order valence-electron chi connectivity index (χ1n) is 4.52. The normalized spacial score (nSPS) is 10.5. The average Bonchev–Trinajstić information content (AvgIpc) is 2.17. The lowest BCUT2D eigenvalue weighted by Crippen LogP contribution is -2.17. The third kappa shape index (κ3) is 3.89. The van der Waals surface area contributed by atoms with E-state index in [4.69, 9.17) is 4.74 Å². The van der Waals surface area contributed by atoms with Gasteiger partial charge in [0.15, 0.2) is 0 Å². The first kappa shape index (κ1) is 9.99. The Morgan fingerprint density at radius 1 is 1.38 bits per heavy atom. The zero-order valence-corrected chi connectivity index (χ0v) is 9.24. The molecule has 0 atom stereocenters. The highest BCUT2D eigenvalue weighted by Crippen LogP contribution is 1.88. The molecule has 0 fully saturated rings. The molecule has 2 nitrogen and oxygen atoms in total. The van der Waals surface area contributed by atoms with Crippen LogP contribution in [0.25, 0.3) is 0 Å². The van der Waals surface area contributed by atoms with E-state index in [9.17, 15) is 4.79 Å². The molecule has 1 rings (SSSR count). The van der Waals surface area contributed by atoms with Crippen LogP contribution in [0.3, 0.4) is 0 Å². The van der Waals surface area contributed by atoms with Crippen LogP contribution in [0.5, 0.6) is 0 Å². The monoisotopic (exact) mass is 194 g/mol. The predicted molar refractivity (Wildman–Crippen MR) is 56.1 cm³/mol. The van der Waals surface area contributed by atoms with Crippen LogP contribution in [0.4, 0.5) is 0 Å². The first-order valence-corrected chi connectivity index (χ1v) is 6.23. The van der Waals surface area contributed by atoms with Gasteiger partial charge in [-0.25, -0.2) is 0 Å². The second-order valence-corrected chi connectivity index (χ2v) is 4.61. The van der Waals surface area contributed by atoms with Crippen LogP contribution < -0.4 is 5.19 Å². The molecule has 0 heterocycles. The number of ether oxygens (including phenoxy) is 1. The smallest absolute Gasteiger partial charge is 0.302 e. The Kier molecular flexibility index (Phi) is 4.25. The molecule has 70 valence electrons. The number of hydrogen-bond acceptors (Lipinski definition) is 2. The Balaban J connectivity index is 2.31. The molecule has 13 heavy (non-hydrogen) atoms. The van der Waals surface area contributed by atoms with Crippen molar-refractivity contribution < 1.29 is 9.53 Å². The lowest BCUT2D eigenvalue weighted by molar-refractivity contribution is -0.140. The van der Waals surface area contributed by atoms with E-state index >= 15 is 0 Å². The molecule has 0 aliphatic rings. The topological polar surface area (TPSA) is 26.3 Å². The van der Waals surface area contributed by atoms with Crippen molar-refractivity contribution in [2.75, 3.05) is 6.61 Å². The van der Waals surface area contributed by atoms with Gasteiger partial charge in [-0.1, -0.05) is 35.5 Å². The van der Waals surface area contributed by atoms with Gasteiger partial charge in [-0.2, -0.15) is 0 Å². The Morgan fingerprint density at radius 3 is 2.69 bits per heavy atom. The highest BCUT2D eigenvalue weighted by atomic mass is 28.2. The standard InChI is InChI=1S/C10H14O2Si/c1-2-12-10(11)8-13-9-6-4-3-5-7-9/h3-7H,2,8,13H2,1H3. The maximum Gasteiger partial charge on any atom is 0.302 e. The van der Waals surface area contributed by atoms with Crippen molar-refractivity contribution in [2.45, 2.75) is 13.0 Å². The summed E-state index contributed by atoms with van der Waals surface area (Å²) < 4.78 is 4.86. The van der Waals surface area contributed by atoms with Gasteiger partial charge in [0, 0.05) is 6.04 Å². The van der Waals surface area contributed by atoms with Crippen molar-refractivity contribution in [1.82, 2.24) is 0 Å². The summed E-state index contributed by atoms with van der Waals surface area (Å²) in [5.41, 5.74) is 0. The zero-order valence-electron chi connectivity index (χ0n) is 7.82. The minimum absolute atomic E-state index is 0.0574. The van der Waals surface area contributed by atoms with Crippen LogP contribution in [0.1, 0.15) is 6.92 Å². The fourth-order valence-electron chi connectivity index (χ4n) is 1.12. The Morgan fingerprint density at radius 2 is 2.08 bits per heavy atom. The van der Waals surface area contributed by atoms with Crippen molar-refractivity contribution in [3.8, 4) is 0 Å². The summed E-state index contributed by atoms with van der Waals surface area (Å²) in [6.45, 7) is 2.32. The number of rotatable bonds is 4. The summed E-state index contributed by atoms with van der Waals surface area (Å²) in [4.78, 5) is 11.0. The maximum atomic E-state index is 11.0. The predicted octanol–water partition coefficient (Wildman–Crippen LogP) is 0.462. The van der Waals surface area contributed by atoms with Crippen LogP contribution in [0.15, 0.2) is 30.3 Å². The highest BCUT2D eigenvalue weighted by Gasteiger charge is 2.01. The summed E-state index contributed by atoms with van der Waals surface area (Å²) in [7, 11) is -0.454. The van der Waals surface area contributed by atoms with Gasteiger partial charge in [0.25, 0.3) is 0 Å². The average molecular weight is 194 g/mol. The summed E-state index contributed by atoms with van der Waals surface area (Å²) in [5.74, 6) is -0.0574. The molecule has 0 aliphatic carbocycles. The van der Waals surface area contributed by atoms with E-state index in [1.165, 1.54) is 5.19 Å². The van der Waals surface area contributed by atoms with Crippen LogP contribution in [0.2, 0.25) is 6.04 Å². The number of benzene rings is 1. The third-order valence-electron chi connectivity index (χ3n) is 1.77. The third-order valence-corrected chi connectivity index (χ3v) is 3.47. The molecular formula is C10H14O2Si. The Hall–Kier alpha value is -1.09. The minimum Gasteiger partial charge on any atom is -0.466 e. The van der Waals surface area contributed by atoms with Crippen LogP contribution in [0, 0.1) is 0 Å². The largest absolute Gasteiger partial charge is 0.466 e. The molecule has 0 amide bonds. The maximum absolute atomic E-state index is 11.0. The van der Waals surface area contributed by atoms with E-state index in [0.29, 0.717) is 12.7 Å². The molecule has 0 bridgehead atoms. The van der Waals surface area contributed by atoms with Crippen LogP contribution >= 0.6 is 0 Å². The van der Waals surface area contributed by atoms with Gasteiger partial charge in [0.2, 0.25) is 0 Å². The minimum atomic E-state index is -0.454. The number of carbonyl (C=O) groups excluding carboxylic acids is 1. The number of hydrogen-bond donors (Lipinski definition) is 0. The Labute approximate surface area is 80.7 Å². The van der Waals surface area contributed by atoms with Gasteiger partial charge >= 0.3 is 5.97 Å². The number of esters is 1. The SMILES string of the molecule is CCOC(=O)C[SiH2]c1ccccc1. The molecule has 0 radical (unpaired) electrons. The first-order chi connectivity index (χ1) is 6.33. The lowest BCUT2D eigenvalue weighted by atomic mass is 10.4. The molecule has 0 unspecified atom stereocenters. The quantitative estimate of drug-likeness (QED) is 0.514. The molecule has 0 aromatic heterocycles. The summed E-state index contributed by atoms with van der Waals surface area (Å²) in [6, 6.07) is 10.8. The molecule has 0 saturated carbocycles. The highest BCUT2D eigenvalue weighted by molar-refractivity contribution is 6.56. The van der Waals surface area contributed by atoms with E-state index in [1.807, 2.05) is 25.1 Å².